The molecule has 0 N–H and O–H groups in total. The van der Waals surface area contributed by atoms with Crippen LogP contribution in [0.1, 0.15) is 23.1 Å². The molecule has 0 aliphatic rings. The molecule has 0 saturated carbocycles. The van der Waals surface area contributed by atoms with Gasteiger partial charge in [-0.05, 0) is 13.8 Å². The first-order valence-corrected chi connectivity index (χ1v) is 6.00. The Hall–Kier alpha value is -2.51. The van der Waals surface area contributed by atoms with Gasteiger partial charge >= 0.3 is 11.7 Å². The van der Waals surface area contributed by atoms with Gasteiger partial charge in [-0.1, -0.05) is 0 Å². The number of ether oxygens (including phenoxy) is 1. The predicted octanol–water partition coefficient (Wildman–Crippen LogP) is -0.488. The van der Waals surface area contributed by atoms with Gasteiger partial charge in [0.1, 0.15) is 0 Å². The highest BCUT2D eigenvalue weighted by Crippen LogP contribution is 2.09. The molecule has 2 rings (SSSR count). The highest BCUT2D eigenvalue weighted by atomic mass is 16.5. The summed E-state index contributed by atoms with van der Waals surface area (Å²) in [5.74, 6) is -0.632. The lowest BCUT2D eigenvalue weighted by molar-refractivity contribution is 0.0518. The first-order valence-electron chi connectivity index (χ1n) is 6.00. The zero-order valence-electron chi connectivity index (χ0n) is 11.6. The molecule has 0 atom stereocenters. The van der Waals surface area contributed by atoms with Crippen molar-refractivity contribution in [1.29, 1.82) is 0 Å². The molecule has 106 valence electrons. The molecule has 0 unspecified atom stereocenters. The summed E-state index contributed by atoms with van der Waals surface area (Å²) in [5, 5.41) is 0. The molecule has 0 aliphatic heterocycles. The smallest absolute Gasteiger partial charge is 0.358 e. The van der Waals surface area contributed by atoms with Crippen LogP contribution in [0, 0.1) is 6.92 Å². The molecule has 2 aromatic rings. The second-order valence-electron chi connectivity index (χ2n) is 4.26. The first-order chi connectivity index (χ1) is 9.38. The van der Waals surface area contributed by atoms with E-state index in [1.807, 2.05) is 0 Å². The molecule has 8 heteroatoms. The molecule has 0 saturated heterocycles. The SMILES string of the molecule is CCOC(=O)c1nc2c(nc1C)c(=O)n(C)c(=O)n2C. The Balaban J connectivity index is 2.87. The number of aromatic nitrogens is 4. The van der Waals surface area contributed by atoms with E-state index in [4.69, 9.17) is 4.74 Å². The Labute approximate surface area is 113 Å². The average Bonchev–Trinajstić information content (AvgIpc) is 2.42. The number of esters is 1. The summed E-state index contributed by atoms with van der Waals surface area (Å²) >= 11 is 0. The van der Waals surface area contributed by atoms with E-state index in [9.17, 15) is 14.4 Å². The molecule has 0 radical (unpaired) electrons. The Kier molecular flexibility index (Phi) is 3.39. The molecular formula is C12H14N4O4. The van der Waals surface area contributed by atoms with Crippen LogP contribution in [0.15, 0.2) is 9.59 Å². The van der Waals surface area contributed by atoms with Crippen molar-refractivity contribution in [2.45, 2.75) is 13.8 Å². The summed E-state index contributed by atoms with van der Waals surface area (Å²) in [4.78, 5) is 43.7. The van der Waals surface area contributed by atoms with Gasteiger partial charge in [0.25, 0.3) is 5.56 Å². The van der Waals surface area contributed by atoms with Crippen molar-refractivity contribution in [1.82, 2.24) is 19.1 Å². The van der Waals surface area contributed by atoms with Crippen LogP contribution in [-0.2, 0) is 18.8 Å². The third-order valence-electron chi connectivity index (χ3n) is 2.92. The van der Waals surface area contributed by atoms with E-state index in [2.05, 4.69) is 9.97 Å². The van der Waals surface area contributed by atoms with Crippen molar-refractivity contribution in [3.63, 3.8) is 0 Å². The van der Waals surface area contributed by atoms with Gasteiger partial charge in [0.15, 0.2) is 16.9 Å². The number of aryl methyl sites for hydroxylation is 2. The molecule has 0 aromatic carbocycles. The van der Waals surface area contributed by atoms with Gasteiger partial charge in [0.05, 0.1) is 12.3 Å². The van der Waals surface area contributed by atoms with E-state index >= 15 is 0 Å². The average molecular weight is 278 g/mol. The van der Waals surface area contributed by atoms with Crippen LogP contribution in [-0.4, -0.2) is 31.7 Å². The van der Waals surface area contributed by atoms with Crippen molar-refractivity contribution in [2.75, 3.05) is 6.61 Å². The molecule has 0 fully saturated rings. The maximum absolute atomic E-state index is 12.0. The second kappa shape index (κ2) is 4.87. The number of hydrogen-bond acceptors (Lipinski definition) is 6. The monoisotopic (exact) mass is 278 g/mol. The van der Waals surface area contributed by atoms with Crippen molar-refractivity contribution < 1.29 is 9.53 Å². The summed E-state index contributed by atoms with van der Waals surface area (Å²) in [6, 6.07) is 0. The van der Waals surface area contributed by atoms with Crippen LogP contribution in [0.3, 0.4) is 0 Å². The van der Waals surface area contributed by atoms with Gasteiger partial charge in [-0.25, -0.2) is 19.6 Å². The van der Waals surface area contributed by atoms with Crippen LogP contribution in [0.4, 0.5) is 0 Å². The first kappa shape index (κ1) is 13.9. The van der Waals surface area contributed by atoms with E-state index in [1.165, 1.54) is 18.7 Å². The van der Waals surface area contributed by atoms with Crippen molar-refractivity contribution in [3.05, 3.63) is 32.2 Å². The molecule has 0 aliphatic carbocycles. The highest BCUT2D eigenvalue weighted by Gasteiger charge is 2.18. The third-order valence-corrected chi connectivity index (χ3v) is 2.92. The number of hydrogen-bond donors (Lipinski definition) is 0. The molecular weight excluding hydrogens is 264 g/mol. The normalized spacial score (nSPS) is 10.8. The van der Waals surface area contributed by atoms with E-state index in [-0.39, 0.29) is 29.2 Å². The highest BCUT2D eigenvalue weighted by molar-refractivity contribution is 5.90. The maximum Gasteiger partial charge on any atom is 0.358 e. The molecule has 20 heavy (non-hydrogen) atoms. The largest absolute Gasteiger partial charge is 0.461 e. The second-order valence-corrected chi connectivity index (χ2v) is 4.26. The lowest BCUT2D eigenvalue weighted by atomic mass is 10.3. The minimum Gasteiger partial charge on any atom is -0.461 e. The topological polar surface area (TPSA) is 96.1 Å². The molecule has 0 amide bonds. The molecule has 0 bridgehead atoms. The minimum absolute atomic E-state index is 0.00241. The summed E-state index contributed by atoms with van der Waals surface area (Å²) in [7, 11) is 2.82. The van der Waals surface area contributed by atoms with Gasteiger partial charge in [-0.2, -0.15) is 0 Å². The molecule has 2 aromatic heterocycles. The van der Waals surface area contributed by atoms with E-state index in [0.29, 0.717) is 0 Å². The number of nitrogens with zero attached hydrogens (tertiary/aromatic N) is 4. The van der Waals surface area contributed by atoms with Gasteiger partial charge in [-0.15, -0.1) is 0 Å². The molecule has 8 nitrogen and oxygen atoms in total. The summed E-state index contributed by atoms with van der Waals surface area (Å²) < 4.78 is 6.99. The van der Waals surface area contributed by atoms with E-state index in [0.717, 1.165) is 4.57 Å². The number of carbonyl (C=O) groups is 1. The summed E-state index contributed by atoms with van der Waals surface area (Å²) in [6.07, 6.45) is 0. The fourth-order valence-corrected chi connectivity index (χ4v) is 1.84. The van der Waals surface area contributed by atoms with Gasteiger partial charge in [0, 0.05) is 14.1 Å². The number of fused-ring (bicyclic) bond motifs is 1. The van der Waals surface area contributed by atoms with Gasteiger partial charge in [0.2, 0.25) is 0 Å². The minimum atomic E-state index is -0.632. The van der Waals surface area contributed by atoms with Crippen LogP contribution in [0.25, 0.3) is 11.2 Å². The van der Waals surface area contributed by atoms with Crippen molar-refractivity contribution in [3.8, 4) is 0 Å². The molecule has 0 spiro atoms. The van der Waals surface area contributed by atoms with Gasteiger partial charge in [-0.3, -0.25) is 13.9 Å². The van der Waals surface area contributed by atoms with E-state index in [1.54, 1.807) is 13.8 Å². The Morgan fingerprint density at radius 1 is 1.20 bits per heavy atom. The standard InChI is InChI=1S/C12H14N4O4/c1-5-20-11(18)7-6(2)13-8-9(14-7)15(3)12(19)16(4)10(8)17/h5H2,1-4H3. The Morgan fingerprint density at radius 2 is 1.85 bits per heavy atom. The van der Waals surface area contributed by atoms with Crippen molar-refractivity contribution in [2.24, 2.45) is 14.1 Å². The van der Waals surface area contributed by atoms with Crippen LogP contribution in [0.2, 0.25) is 0 Å². The Bertz CT molecular complexity index is 819. The lowest BCUT2D eigenvalue weighted by Crippen LogP contribution is -2.38. The zero-order valence-corrected chi connectivity index (χ0v) is 11.6. The van der Waals surface area contributed by atoms with Crippen LogP contribution in [0.5, 0.6) is 0 Å². The van der Waals surface area contributed by atoms with Crippen LogP contribution < -0.4 is 11.2 Å². The third kappa shape index (κ3) is 1.98. The number of rotatable bonds is 2. The summed E-state index contributed by atoms with van der Waals surface area (Å²) in [6.45, 7) is 3.43. The fourth-order valence-electron chi connectivity index (χ4n) is 1.84. The summed E-state index contributed by atoms with van der Waals surface area (Å²) in [5.41, 5.74) is -0.689. The predicted molar refractivity (Wildman–Crippen MR) is 70.7 cm³/mol. The fraction of sp³-hybridized carbons (Fsp3) is 0.417. The lowest BCUT2D eigenvalue weighted by Gasteiger charge is -2.09. The number of carbonyl (C=O) groups excluding carboxylic acids is 1. The Morgan fingerprint density at radius 3 is 2.45 bits per heavy atom. The molecule has 2 heterocycles. The van der Waals surface area contributed by atoms with Crippen molar-refractivity contribution >= 4 is 17.1 Å². The quantitative estimate of drug-likeness (QED) is 0.688. The maximum atomic E-state index is 12.0. The van der Waals surface area contributed by atoms with E-state index < -0.39 is 17.2 Å². The van der Waals surface area contributed by atoms with Gasteiger partial charge < -0.3 is 4.74 Å². The zero-order chi connectivity index (χ0) is 15.0. The van der Waals surface area contributed by atoms with Crippen LogP contribution >= 0.6 is 0 Å².